The molecule has 1 rings (SSSR count). The summed E-state index contributed by atoms with van der Waals surface area (Å²) in [5.41, 5.74) is 0. The van der Waals surface area contributed by atoms with Crippen LogP contribution in [0.3, 0.4) is 0 Å². The Morgan fingerprint density at radius 1 is 1.40 bits per heavy atom. The van der Waals surface area contributed by atoms with Gasteiger partial charge in [-0.05, 0) is 38.1 Å². The van der Waals surface area contributed by atoms with Crippen LogP contribution in [0.25, 0.3) is 0 Å². The monoisotopic (exact) mass is 213 g/mol. The Kier molecular flexibility index (Phi) is 6.26. The summed E-state index contributed by atoms with van der Waals surface area (Å²) in [6.45, 7) is 7.45. The summed E-state index contributed by atoms with van der Waals surface area (Å²) in [6.07, 6.45) is 7.59. The van der Waals surface area contributed by atoms with E-state index in [1.165, 1.54) is 45.2 Å². The summed E-state index contributed by atoms with van der Waals surface area (Å²) in [5.74, 6) is 0.814. The highest BCUT2D eigenvalue weighted by atomic mass is 16.3. The van der Waals surface area contributed by atoms with Gasteiger partial charge in [0.15, 0.2) is 0 Å². The van der Waals surface area contributed by atoms with Crippen molar-refractivity contribution in [3.05, 3.63) is 0 Å². The van der Waals surface area contributed by atoms with E-state index in [4.69, 9.17) is 5.11 Å². The molecule has 1 N–H and O–H groups in total. The lowest BCUT2D eigenvalue weighted by molar-refractivity contribution is 0.103. The fourth-order valence-electron chi connectivity index (χ4n) is 2.76. The van der Waals surface area contributed by atoms with Crippen molar-refractivity contribution in [2.45, 2.75) is 58.4 Å². The molecular weight excluding hydrogens is 186 g/mol. The zero-order chi connectivity index (χ0) is 11.1. The fourth-order valence-corrected chi connectivity index (χ4v) is 2.76. The predicted octanol–water partition coefficient (Wildman–Crippen LogP) is 2.66. The van der Waals surface area contributed by atoms with E-state index in [1.54, 1.807) is 0 Å². The van der Waals surface area contributed by atoms with Crippen molar-refractivity contribution in [1.82, 2.24) is 4.90 Å². The Labute approximate surface area is 94.7 Å². The molecule has 0 radical (unpaired) electrons. The average Bonchev–Trinajstić information content (AvgIpc) is 2.21. The number of rotatable bonds is 6. The molecule has 0 aromatic carbocycles. The van der Waals surface area contributed by atoms with Gasteiger partial charge in [0.25, 0.3) is 0 Å². The van der Waals surface area contributed by atoms with Gasteiger partial charge >= 0.3 is 0 Å². The Hall–Kier alpha value is -0.0800. The molecule has 90 valence electrons. The number of aliphatic hydroxyl groups is 1. The van der Waals surface area contributed by atoms with Crippen molar-refractivity contribution in [2.75, 3.05) is 19.7 Å². The molecule has 1 saturated heterocycles. The number of piperidine rings is 1. The van der Waals surface area contributed by atoms with Crippen LogP contribution >= 0.6 is 0 Å². The highest BCUT2D eigenvalue weighted by Gasteiger charge is 2.22. The Morgan fingerprint density at radius 3 is 2.87 bits per heavy atom. The summed E-state index contributed by atoms with van der Waals surface area (Å²) in [7, 11) is 0. The van der Waals surface area contributed by atoms with Crippen LogP contribution in [0.5, 0.6) is 0 Å². The van der Waals surface area contributed by atoms with Gasteiger partial charge in [-0.1, -0.05) is 26.7 Å². The molecule has 1 aliphatic rings. The maximum absolute atomic E-state index is 9.05. The Balaban J connectivity index is 2.34. The molecular formula is C13H27NO. The molecule has 0 aliphatic carbocycles. The SMILES string of the molecule is CCCC(C)CN1CCCCC1CCO. The minimum Gasteiger partial charge on any atom is -0.396 e. The quantitative estimate of drug-likeness (QED) is 0.733. The lowest BCUT2D eigenvalue weighted by atomic mass is 9.97. The summed E-state index contributed by atoms with van der Waals surface area (Å²) in [4.78, 5) is 2.61. The molecule has 0 aromatic rings. The minimum absolute atomic E-state index is 0.351. The van der Waals surface area contributed by atoms with Gasteiger partial charge in [0, 0.05) is 19.2 Å². The van der Waals surface area contributed by atoms with Gasteiger partial charge in [-0.2, -0.15) is 0 Å². The topological polar surface area (TPSA) is 23.5 Å². The molecule has 1 heterocycles. The van der Waals surface area contributed by atoms with Crippen molar-refractivity contribution in [1.29, 1.82) is 0 Å². The Morgan fingerprint density at radius 2 is 2.20 bits per heavy atom. The third kappa shape index (κ3) is 4.52. The molecule has 0 aromatic heterocycles. The van der Waals surface area contributed by atoms with Crippen molar-refractivity contribution in [3.8, 4) is 0 Å². The maximum atomic E-state index is 9.05. The number of aliphatic hydroxyl groups excluding tert-OH is 1. The molecule has 1 fully saturated rings. The second-order valence-corrected chi connectivity index (χ2v) is 5.05. The number of likely N-dealkylation sites (tertiary alicyclic amines) is 1. The number of hydrogen-bond acceptors (Lipinski definition) is 2. The first-order chi connectivity index (χ1) is 7.27. The van der Waals surface area contributed by atoms with E-state index < -0.39 is 0 Å². The largest absolute Gasteiger partial charge is 0.396 e. The van der Waals surface area contributed by atoms with E-state index in [2.05, 4.69) is 18.7 Å². The average molecular weight is 213 g/mol. The van der Waals surface area contributed by atoms with E-state index >= 15 is 0 Å². The van der Waals surface area contributed by atoms with Crippen molar-refractivity contribution >= 4 is 0 Å². The van der Waals surface area contributed by atoms with Crippen LogP contribution in [-0.4, -0.2) is 35.7 Å². The van der Waals surface area contributed by atoms with Gasteiger partial charge in [0.1, 0.15) is 0 Å². The molecule has 1 aliphatic heterocycles. The van der Waals surface area contributed by atoms with Crippen LogP contribution in [0.15, 0.2) is 0 Å². The van der Waals surface area contributed by atoms with Crippen LogP contribution in [0.1, 0.15) is 52.4 Å². The lowest BCUT2D eigenvalue weighted by Crippen LogP contribution is -2.42. The normalized spacial score (nSPS) is 25.4. The molecule has 0 amide bonds. The lowest BCUT2D eigenvalue weighted by Gasteiger charge is -2.37. The van der Waals surface area contributed by atoms with Gasteiger partial charge in [0.05, 0.1) is 0 Å². The van der Waals surface area contributed by atoms with E-state index in [0.717, 1.165) is 12.3 Å². The van der Waals surface area contributed by atoms with Crippen LogP contribution in [0.2, 0.25) is 0 Å². The van der Waals surface area contributed by atoms with Crippen LogP contribution in [0.4, 0.5) is 0 Å². The molecule has 0 spiro atoms. The van der Waals surface area contributed by atoms with Crippen LogP contribution < -0.4 is 0 Å². The third-order valence-electron chi connectivity index (χ3n) is 3.54. The van der Waals surface area contributed by atoms with Crippen molar-refractivity contribution < 1.29 is 5.11 Å². The second-order valence-electron chi connectivity index (χ2n) is 5.05. The standard InChI is InChI=1S/C13H27NO/c1-3-6-12(2)11-14-9-5-4-7-13(14)8-10-15/h12-13,15H,3-11H2,1-2H3. The molecule has 15 heavy (non-hydrogen) atoms. The number of hydrogen-bond donors (Lipinski definition) is 1. The fraction of sp³-hybridized carbons (Fsp3) is 1.00. The highest BCUT2D eigenvalue weighted by Crippen LogP contribution is 2.21. The summed E-state index contributed by atoms with van der Waals surface area (Å²) >= 11 is 0. The zero-order valence-electron chi connectivity index (χ0n) is 10.4. The van der Waals surface area contributed by atoms with Crippen LogP contribution in [0, 0.1) is 5.92 Å². The molecule has 2 unspecified atom stereocenters. The molecule has 0 bridgehead atoms. The summed E-state index contributed by atoms with van der Waals surface area (Å²) in [5, 5.41) is 9.05. The van der Waals surface area contributed by atoms with E-state index in [1.807, 2.05) is 0 Å². The zero-order valence-corrected chi connectivity index (χ0v) is 10.4. The van der Waals surface area contributed by atoms with Gasteiger partial charge in [-0.15, -0.1) is 0 Å². The second kappa shape index (κ2) is 7.24. The van der Waals surface area contributed by atoms with Crippen LogP contribution in [-0.2, 0) is 0 Å². The molecule has 2 atom stereocenters. The summed E-state index contributed by atoms with van der Waals surface area (Å²) < 4.78 is 0. The van der Waals surface area contributed by atoms with E-state index in [-0.39, 0.29) is 0 Å². The van der Waals surface area contributed by atoms with Gasteiger partial charge in [0.2, 0.25) is 0 Å². The van der Waals surface area contributed by atoms with Gasteiger partial charge in [-0.25, -0.2) is 0 Å². The molecule has 0 saturated carbocycles. The van der Waals surface area contributed by atoms with Crippen molar-refractivity contribution in [2.24, 2.45) is 5.92 Å². The highest BCUT2D eigenvalue weighted by molar-refractivity contribution is 4.77. The predicted molar refractivity (Wildman–Crippen MR) is 65.0 cm³/mol. The molecule has 2 heteroatoms. The first-order valence-electron chi connectivity index (χ1n) is 6.62. The maximum Gasteiger partial charge on any atom is 0.0445 e. The van der Waals surface area contributed by atoms with E-state index in [9.17, 15) is 0 Å². The van der Waals surface area contributed by atoms with E-state index in [0.29, 0.717) is 12.6 Å². The van der Waals surface area contributed by atoms with Gasteiger partial charge in [-0.3, -0.25) is 0 Å². The molecule has 2 nitrogen and oxygen atoms in total. The number of nitrogens with zero attached hydrogens (tertiary/aromatic N) is 1. The minimum atomic E-state index is 0.351. The summed E-state index contributed by atoms with van der Waals surface area (Å²) in [6, 6.07) is 0.656. The van der Waals surface area contributed by atoms with Crippen molar-refractivity contribution in [3.63, 3.8) is 0 Å². The first kappa shape index (κ1) is 13.0. The smallest absolute Gasteiger partial charge is 0.0445 e. The first-order valence-corrected chi connectivity index (χ1v) is 6.62. The Bertz CT molecular complexity index is 159. The van der Waals surface area contributed by atoms with Gasteiger partial charge < -0.3 is 10.0 Å². The third-order valence-corrected chi connectivity index (χ3v) is 3.54.